The van der Waals surface area contributed by atoms with Crippen LogP contribution in [0.1, 0.15) is 24.5 Å². The van der Waals surface area contributed by atoms with Gasteiger partial charge in [-0.25, -0.2) is 4.79 Å². The molecule has 0 radical (unpaired) electrons. The van der Waals surface area contributed by atoms with Gasteiger partial charge in [0.1, 0.15) is 6.61 Å². The maximum absolute atomic E-state index is 11.5. The van der Waals surface area contributed by atoms with Crippen molar-refractivity contribution in [2.24, 2.45) is 0 Å². The molecule has 0 aromatic heterocycles. The standard InChI is InChI=1S/C16H22N2O5/c1-3-17-14(19)10-12-4-6-13(7-5-12)11-23-15(20)8-9-18-16(21)22-2/h4-7H,3,8-11H2,1-2H3,(H,17,19)(H,18,21). The van der Waals surface area contributed by atoms with Gasteiger partial charge >= 0.3 is 12.1 Å². The second kappa shape index (κ2) is 10.2. The molecule has 1 aromatic rings. The number of hydrogen-bond donors (Lipinski definition) is 2. The molecule has 126 valence electrons. The Bertz CT molecular complexity index is 528. The molecule has 0 heterocycles. The predicted molar refractivity (Wildman–Crippen MR) is 83.7 cm³/mol. The van der Waals surface area contributed by atoms with Crippen molar-refractivity contribution in [2.75, 3.05) is 20.2 Å². The number of likely N-dealkylation sites (N-methyl/N-ethyl adjacent to an activating group) is 1. The Kier molecular flexibility index (Phi) is 8.20. The minimum atomic E-state index is -0.583. The van der Waals surface area contributed by atoms with Gasteiger partial charge in [-0.1, -0.05) is 24.3 Å². The molecule has 1 rings (SSSR count). The van der Waals surface area contributed by atoms with Crippen LogP contribution in [-0.2, 0) is 32.1 Å². The van der Waals surface area contributed by atoms with Gasteiger partial charge in [-0.15, -0.1) is 0 Å². The molecule has 23 heavy (non-hydrogen) atoms. The Morgan fingerprint density at radius 2 is 1.70 bits per heavy atom. The number of carbonyl (C=O) groups is 3. The Hall–Kier alpha value is -2.57. The monoisotopic (exact) mass is 322 g/mol. The molecule has 0 bridgehead atoms. The summed E-state index contributed by atoms with van der Waals surface area (Å²) >= 11 is 0. The maximum atomic E-state index is 11.5. The molecule has 0 spiro atoms. The van der Waals surface area contributed by atoms with E-state index in [1.165, 1.54) is 7.11 Å². The summed E-state index contributed by atoms with van der Waals surface area (Å²) in [6.45, 7) is 2.79. The lowest BCUT2D eigenvalue weighted by Crippen LogP contribution is -2.26. The molecular weight excluding hydrogens is 300 g/mol. The van der Waals surface area contributed by atoms with E-state index in [1.54, 1.807) is 0 Å². The Morgan fingerprint density at radius 3 is 2.30 bits per heavy atom. The summed E-state index contributed by atoms with van der Waals surface area (Å²) in [6.07, 6.45) is -0.183. The lowest BCUT2D eigenvalue weighted by Gasteiger charge is -2.07. The SMILES string of the molecule is CCNC(=O)Cc1ccc(COC(=O)CCNC(=O)OC)cc1. The number of alkyl carbamates (subject to hydrolysis) is 1. The highest BCUT2D eigenvalue weighted by atomic mass is 16.5. The second-order valence-electron chi connectivity index (χ2n) is 4.78. The van der Waals surface area contributed by atoms with E-state index < -0.39 is 12.1 Å². The summed E-state index contributed by atoms with van der Waals surface area (Å²) in [7, 11) is 1.25. The number of benzene rings is 1. The molecule has 1 aromatic carbocycles. The van der Waals surface area contributed by atoms with Crippen LogP contribution in [0.5, 0.6) is 0 Å². The van der Waals surface area contributed by atoms with E-state index in [0.717, 1.165) is 11.1 Å². The zero-order valence-electron chi connectivity index (χ0n) is 13.4. The average molecular weight is 322 g/mol. The van der Waals surface area contributed by atoms with E-state index in [1.807, 2.05) is 31.2 Å². The molecule has 7 nitrogen and oxygen atoms in total. The Morgan fingerprint density at radius 1 is 1.04 bits per heavy atom. The summed E-state index contributed by atoms with van der Waals surface area (Å²) < 4.78 is 9.48. The van der Waals surface area contributed by atoms with Crippen LogP contribution < -0.4 is 10.6 Å². The molecule has 0 aliphatic heterocycles. The number of methoxy groups -OCH3 is 1. The number of hydrogen-bond acceptors (Lipinski definition) is 5. The first-order valence-electron chi connectivity index (χ1n) is 7.37. The molecule has 0 aliphatic carbocycles. The lowest BCUT2D eigenvalue weighted by molar-refractivity contribution is -0.144. The minimum Gasteiger partial charge on any atom is -0.461 e. The third-order valence-electron chi connectivity index (χ3n) is 2.95. The van der Waals surface area contributed by atoms with Gasteiger partial charge < -0.3 is 20.1 Å². The zero-order chi connectivity index (χ0) is 17.1. The van der Waals surface area contributed by atoms with Gasteiger partial charge in [0.05, 0.1) is 20.0 Å². The summed E-state index contributed by atoms with van der Waals surface area (Å²) in [5.41, 5.74) is 1.73. The highest BCUT2D eigenvalue weighted by molar-refractivity contribution is 5.78. The number of rotatable bonds is 8. The van der Waals surface area contributed by atoms with Crippen molar-refractivity contribution in [1.82, 2.24) is 10.6 Å². The number of esters is 1. The molecule has 2 amide bonds. The van der Waals surface area contributed by atoms with E-state index in [0.29, 0.717) is 13.0 Å². The fourth-order valence-electron chi connectivity index (χ4n) is 1.77. The number of ether oxygens (including phenoxy) is 2. The smallest absolute Gasteiger partial charge is 0.406 e. The molecule has 0 atom stereocenters. The van der Waals surface area contributed by atoms with Crippen molar-refractivity contribution in [3.05, 3.63) is 35.4 Å². The molecular formula is C16H22N2O5. The zero-order valence-corrected chi connectivity index (χ0v) is 13.4. The third-order valence-corrected chi connectivity index (χ3v) is 2.95. The number of amides is 2. The van der Waals surface area contributed by atoms with Crippen LogP contribution in [0.3, 0.4) is 0 Å². The first-order chi connectivity index (χ1) is 11.0. The molecule has 7 heteroatoms. The minimum absolute atomic E-state index is 0.0233. The first kappa shape index (κ1) is 18.5. The summed E-state index contributed by atoms with van der Waals surface area (Å²) in [4.78, 5) is 33.8. The third kappa shape index (κ3) is 7.85. The maximum Gasteiger partial charge on any atom is 0.406 e. The highest BCUT2D eigenvalue weighted by Crippen LogP contribution is 2.07. The molecule has 2 N–H and O–H groups in total. The van der Waals surface area contributed by atoms with Gasteiger partial charge in [-0.3, -0.25) is 9.59 Å². The molecule has 0 unspecified atom stereocenters. The summed E-state index contributed by atoms with van der Waals surface area (Å²) in [5, 5.41) is 5.13. The Labute approximate surface area is 135 Å². The van der Waals surface area contributed by atoms with Gasteiger partial charge in [-0.05, 0) is 18.1 Å². The number of carbonyl (C=O) groups excluding carboxylic acids is 3. The van der Waals surface area contributed by atoms with Crippen molar-refractivity contribution in [3.8, 4) is 0 Å². The number of nitrogens with one attached hydrogen (secondary N) is 2. The van der Waals surface area contributed by atoms with Gasteiger partial charge in [0, 0.05) is 13.1 Å². The van der Waals surface area contributed by atoms with Crippen LogP contribution in [0.2, 0.25) is 0 Å². The van der Waals surface area contributed by atoms with Crippen molar-refractivity contribution >= 4 is 18.0 Å². The van der Waals surface area contributed by atoms with Crippen molar-refractivity contribution in [1.29, 1.82) is 0 Å². The first-order valence-corrected chi connectivity index (χ1v) is 7.37. The van der Waals surface area contributed by atoms with Crippen LogP contribution in [0.15, 0.2) is 24.3 Å². The summed E-state index contributed by atoms with van der Waals surface area (Å²) in [6, 6.07) is 7.29. The lowest BCUT2D eigenvalue weighted by atomic mass is 10.1. The topological polar surface area (TPSA) is 93.7 Å². The largest absolute Gasteiger partial charge is 0.461 e. The van der Waals surface area contributed by atoms with Gasteiger partial charge in [0.15, 0.2) is 0 Å². The second-order valence-corrected chi connectivity index (χ2v) is 4.78. The molecule has 0 fully saturated rings. The van der Waals surface area contributed by atoms with Crippen LogP contribution in [-0.4, -0.2) is 38.2 Å². The van der Waals surface area contributed by atoms with Gasteiger partial charge in [-0.2, -0.15) is 0 Å². The average Bonchev–Trinajstić information content (AvgIpc) is 2.54. The predicted octanol–water partition coefficient (Wildman–Crippen LogP) is 1.15. The van der Waals surface area contributed by atoms with E-state index in [-0.39, 0.29) is 25.5 Å². The van der Waals surface area contributed by atoms with E-state index in [9.17, 15) is 14.4 Å². The van der Waals surface area contributed by atoms with Crippen molar-refractivity contribution in [3.63, 3.8) is 0 Å². The summed E-state index contributed by atoms with van der Waals surface area (Å²) in [5.74, 6) is -0.433. The van der Waals surface area contributed by atoms with Crippen molar-refractivity contribution < 1.29 is 23.9 Å². The molecule has 0 saturated carbocycles. The molecule has 0 aliphatic rings. The van der Waals surface area contributed by atoms with Crippen LogP contribution in [0.4, 0.5) is 4.79 Å². The van der Waals surface area contributed by atoms with E-state index in [4.69, 9.17) is 4.74 Å². The van der Waals surface area contributed by atoms with Crippen LogP contribution in [0.25, 0.3) is 0 Å². The van der Waals surface area contributed by atoms with Crippen LogP contribution >= 0.6 is 0 Å². The van der Waals surface area contributed by atoms with E-state index >= 15 is 0 Å². The normalized spacial score (nSPS) is 9.83. The van der Waals surface area contributed by atoms with Crippen molar-refractivity contribution in [2.45, 2.75) is 26.4 Å². The fraction of sp³-hybridized carbons (Fsp3) is 0.438. The Balaban J connectivity index is 2.31. The molecule has 0 saturated heterocycles. The van der Waals surface area contributed by atoms with E-state index in [2.05, 4.69) is 15.4 Å². The van der Waals surface area contributed by atoms with Gasteiger partial charge in [0.2, 0.25) is 5.91 Å². The quantitative estimate of drug-likeness (QED) is 0.700. The van der Waals surface area contributed by atoms with Gasteiger partial charge in [0.25, 0.3) is 0 Å². The fourth-order valence-corrected chi connectivity index (χ4v) is 1.77. The van der Waals surface area contributed by atoms with Crippen LogP contribution in [0, 0.1) is 0 Å². The highest BCUT2D eigenvalue weighted by Gasteiger charge is 2.06.